The van der Waals surface area contributed by atoms with E-state index < -0.39 is 12.3 Å². The van der Waals surface area contributed by atoms with Crippen molar-refractivity contribution in [2.24, 2.45) is 0 Å². The molecule has 0 amide bonds. The summed E-state index contributed by atoms with van der Waals surface area (Å²) in [5, 5.41) is 0. The zero-order valence-electron chi connectivity index (χ0n) is 5.69. The Balaban J connectivity index is 3.58. The van der Waals surface area contributed by atoms with E-state index in [1.54, 1.807) is 0 Å². The highest BCUT2D eigenvalue weighted by molar-refractivity contribution is 5.60. The molecular weight excluding hydrogens is 146 g/mol. The predicted molar refractivity (Wildman–Crippen MR) is 28.7 cm³/mol. The summed E-state index contributed by atoms with van der Waals surface area (Å²) in [7, 11) is 0. The fourth-order valence-electron chi connectivity index (χ4n) is 0.294. The molecule has 0 aromatic heterocycles. The van der Waals surface area contributed by atoms with Gasteiger partial charge in [0.15, 0.2) is 0 Å². The minimum Gasteiger partial charge on any atom is -0.434 e. The molecule has 60 valence electrons. The number of hydrogen-bond donors (Lipinski definition) is 0. The monoisotopic (exact) mass is 154 g/mol. The van der Waals surface area contributed by atoms with E-state index >= 15 is 0 Å². The molecule has 0 aromatic carbocycles. The van der Waals surface area contributed by atoms with Gasteiger partial charge >= 0.3 is 12.3 Å². The lowest BCUT2D eigenvalue weighted by atomic mass is 10.7. The van der Waals surface area contributed by atoms with Crippen molar-refractivity contribution < 1.29 is 23.0 Å². The van der Waals surface area contributed by atoms with Crippen LogP contribution in [0.4, 0.5) is 13.6 Å². The first-order valence-corrected chi connectivity index (χ1v) is 2.69. The van der Waals surface area contributed by atoms with Crippen LogP contribution in [0.5, 0.6) is 0 Å². The van der Waals surface area contributed by atoms with Crippen LogP contribution in [0.1, 0.15) is 13.8 Å². The first-order chi connectivity index (χ1) is 4.45. The Kier molecular flexibility index (Phi) is 3.05. The van der Waals surface area contributed by atoms with E-state index in [2.05, 4.69) is 9.47 Å². The molecule has 0 N–H and O–H groups in total. The molecule has 0 bridgehead atoms. The minimum atomic E-state index is -3.45. The largest absolute Gasteiger partial charge is 0.512 e. The standard InChI is InChI=1S/C5H8F2O3/c1-3-9-4(8)10-5(2,6)7/h3H2,1-2H3. The third-order valence-corrected chi connectivity index (χ3v) is 0.525. The van der Waals surface area contributed by atoms with Gasteiger partial charge in [0.2, 0.25) is 0 Å². The number of carbonyl (C=O) groups is 1. The van der Waals surface area contributed by atoms with Gasteiger partial charge in [-0.15, -0.1) is 0 Å². The number of hydrogen-bond acceptors (Lipinski definition) is 3. The Bertz CT molecular complexity index is 119. The molecule has 0 aliphatic rings. The maximum absolute atomic E-state index is 11.8. The third kappa shape index (κ3) is 5.27. The molecule has 0 atom stereocenters. The Morgan fingerprint density at radius 2 is 2.10 bits per heavy atom. The Hall–Kier alpha value is -0.870. The van der Waals surface area contributed by atoms with Crippen molar-refractivity contribution in [3.63, 3.8) is 0 Å². The van der Waals surface area contributed by atoms with Crippen LogP contribution in [0.15, 0.2) is 0 Å². The molecule has 0 spiro atoms. The zero-order chi connectivity index (χ0) is 8.20. The highest BCUT2D eigenvalue weighted by Gasteiger charge is 2.27. The first kappa shape index (κ1) is 9.13. The third-order valence-electron chi connectivity index (χ3n) is 0.525. The second kappa shape index (κ2) is 3.34. The summed E-state index contributed by atoms with van der Waals surface area (Å²) in [5.74, 6) is 0. The van der Waals surface area contributed by atoms with Gasteiger partial charge in [-0.05, 0) is 6.92 Å². The summed E-state index contributed by atoms with van der Waals surface area (Å²) in [6.45, 7) is 1.98. The van der Waals surface area contributed by atoms with Crippen molar-refractivity contribution in [3.8, 4) is 0 Å². The van der Waals surface area contributed by atoms with Crippen molar-refractivity contribution in [3.05, 3.63) is 0 Å². The lowest BCUT2D eigenvalue weighted by Gasteiger charge is -2.09. The molecular formula is C5H8F2O3. The molecule has 0 saturated heterocycles. The molecule has 0 aromatic rings. The molecule has 5 heteroatoms. The van der Waals surface area contributed by atoms with E-state index in [1.165, 1.54) is 6.92 Å². The van der Waals surface area contributed by atoms with Gasteiger partial charge in [0.25, 0.3) is 0 Å². The van der Waals surface area contributed by atoms with Crippen LogP contribution in [0.2, 0.25) is 0 Å². The lowest BCUT2D eigenvalue weighted by molar-refractivity contribution is -0.196. The fraction of sp³-hybridized carbons (Fsp3) is 0.800. The molecule has 0 rings (SSSR count). The van der Waals surface area contributed by atoms with E-state index in [-0.39, 0.29) is 6.61 Å². The smallest absolute Gasteiger partial charge is 0.434 e. The molecule has 0 heterocycles. The number of ether oxygens (including phenoxy) is 2. The topological polar surface area (TPSA) is 35.5 Å². The summed E-state index contributed by atoms with van der Waals surface area (Å²) in [4.78, 5) is 10.1. The number of carbonyl (C=O) groups excluding carboxylic acids is 1. The number of rotatable bonds is 2. The normalized spacial score (nSPS) is 10.8. The van der Waals surface area contributed by atoms with Gasteiger partial charge in [-0.2, -0.15) is 8.78 Å². The summed E-state index contributed by atoms with van der Waals surface area (Å²) in [6.07, 6.45) is -4.80. The quantitative estimate of drug-likeness (QED) is 0.568. The molecule has 0 aliphatic carbocycles. The Morgan fingerprint density at radius 1 is 1.60 bits per heavy atom. The van der Waals surface area contributed by atoms with E-state index in [9.17, 15) is 13.6 Å². The molecule has 0 saturated carbocycles. The van der Waals surface area contributed by atoms with E-state index in [1.807, 2.05) is 0 Å². The minimum absolute atomic E-state index is 0.0227. The molecule has 3 nitrogen and oxygen atoms in total. The van der Waals surface area contributed by atoms with Crippen molar-refractivity contribution in [2.75, 3.05) is 6.61 Å². The van der Waals surface area contributed by atoms with E-state index in [4.69, 9.17) is 0 Å². The van der Waals surface area contributed by atoms with Gasteiger partial charge in [0.05, 0.1) is 6.61 Å². The van der Waals surface area contributed by atoms with Crippen LogP contribution in [-0.4, -0.2) is 18.9 Å². The van der Waals surface area contributed by atoms with Crippen LogP contribution in [-0.2, 0) is 9.47 Å². The van der Waals surface area contributed by atoms with E-state index in [0.717, 1.165) is 0 Å². The first-order valence-electron chi connectivity index (χ1n) is 2.69. The molecule has 0 fully saturated rings. The van der Waals surface area contributed by atoms with Crippen LogP contribution in [0.25, 0.3) is 0 Å². The van der Waals surface area contributed by atoms with Gasteiger partial charge in [0.1, 0.15) is 0 Å². The van der Waals surface area contributed by atoms with Gasteiger partial charge < -0.3 is 9.47 Å². The number of halogens is 2. The summed E-state index contributed by atoms with van der Waals surface area (Å²) >= 11 is 0. The fourth-order valence-corrected chi connectivity index (χ4v) is 0.294. The summed E-state index contributed by atoms with van der Waals surface area (Å²) < 4.78 is 31.1. The maximum Gasteiger partial charge on any atom is 0.512 e. The zero-order valence-corrected chi connectivity index (χ0v) is 5.69. The van der Waals surface area contributed by atoms with Crippen LogP contribution in [0.3, 0.4) is 0 Å². The van der Waals surface area contributed by atoms with E-state index in [0.29, 0.717) is 6.92 Å². The van der Waals surface area contributed by atoms with Crippen molar-refractivity contribution >= 4 is 6.16 Å². The van der Waals surface area contributed by atoms with Crippen molar-refractivity contribution in [1.82, 2.24) is 0 Å². The lowest BCUT2D eigenvalue weighted by Crippen LogP contribution is -2.21. The second-order valence-electron chi connectivity index (χ2n) is 1.59. The van der Waals surface area contributed by atoms with Gasteiger partial charge in [-0.3, -0.25) is 0 Å². The average molecular weight is 154 g/mol. The van der Waals surface area contributed by atoms with Gasteiger partial charge in [-0.25, -0.2) is 4.79 Å². The number of alkyl halides is 2. The van der Waals surface area contributed by atoms with Gasteiger partial charge in [0, 0.05) is 6.92 Å². The van der Waals surface area contributed by atoms with Gasteiger partial charge in [-0.1, -0.05) is 0 Å². The average Bonchev–Trinajstić information content (AvgIpc) is 1.59. The summed E-state index contributed by atoms with van der Waals surface area (Å²) in [5.41, 5.74) is 0. The summed E-state index contributed by atoms with van der Waals surface area (Å²) in [6, 6.07) is 0. The molecule has 0 aliphatic heterocycles. The molecule has 10 heavy (non-hydrogen) atoms. The van der Waals surface area contributed by atoms with Crippen molar-refractivity contribution in [2.45, 2.75) is 20.0 Å². The van der Waals surface area contributed by atoms with Crippen LogP contribution >= 0.6 is 0 Å². The SMILES string of the molecule is CCOC(=O)OC(C)(F)F. The van der Waals surface area contributed by atoms with Crippen LogP contribution < -0.4 is 0 Å². The predicted octanol–water partition coefficient (Wildman–Crippen LogP) is 1.77. The molecule has 0 unspecified atom stereocenters. The highest BCUT2D eigenvalue weighted by atomic mass is 19.3. The molecule has 0 radical (unpaired) electrons. The van der Waals surface area contributed by atoms with Crippen LogP contribution in [0, 0.1) is 0 Å². The Morgan fingerprint density at radius 3 is 2.40 bits per heavy atom. The maximum atomic E-state index is 11.8. The highest BCUT2D eigenvalue weighted by Crippen LogP contribution is 2.13. The second-order valence-corrected chi connectivity index (χ2v) is 1.59. The Labute approximate surface area is 56.9 Å². The van der Waals surface area contributed by atoms with Crippen molar-refractivity contribution in [1.29, 1.82) is 0 Å².